The van der Waals surface area contributed by atoms with E-state index in [2.05, 4.69) is 10.1 Å². The van der Waals surface area contributed by atoms with Crippen molar-refractivity contribution >= 4 is 5.91 Å². The van der Waals surface area contributed by atoms with Crippen molar-refractivity contribution in [2.75, 3.05) is 27.2 Å². The highest BCUT2D eigenvalue weighted by atomic mass is 19.4. The lowest BCUT2D eigenvalue weighted by Gasteiger charge is -2.24. The molecule has 0 atom stereocenters. The number of hydrogen-bond acceptors (Lipinski definition) is 3. The minimum absolute atomic E-state index is 0.0571. The number of carbonyl (C=O) groups is 1. The topological polar surface area (TPSA) is 41.6 Å². The summed E-state index contributed by atoms with van der Waals surface area (Å²) in [6.45, 7) is 1.73. The lowest BCUT2D eigenvalue weighted by atomic mass is 9.89. The van der Waals surface area contributed by atoms with E-state index < -0.39 is 18.0 Å². The quantitative estimate of drug-likeness (QED) is 0.932. The second-order valence-electron chi connectivity index (χ2n) is 5.53. The summed E-state index contributed by atoms with van der Waals surface area (Å²) < 4.78 is 41.4. The van der Waals surface area contributed by atoms with Gasteiger partial charge in [0.1, 0.15) is 5.75 Å². The molecule has 1 aromatic carbocycles. The maximum absolute atomic E-state index is 12.5. The molecule has 122 valence electrons. The molecule has 7 heteroatoms. The molecule has 2 rings (SSSR count). The van der Waals surface area contributed by atoms with E-state index in [9.17, 15) is 18.0 Å². The smallest absolute Gasteiger partial charge is 0.405 e. The first-order valence-electron chi connectivity index (χ1n) is 7.10. The van der Waals surface area contributed by atoms with Gasteiger partial charge in [0.25, 0.3) is 5.91 Å². The van der Waals surface area contributed by atoms with Gasteiger partial charge in [-0.2, -0.15) is 0 Å². The Balaban J connectivity index is 2.36. The fraction of sp³-hybridized carbons (Fsp3) is 0.533. The fourth-order valence-corrected chi connectivity index (χ4v) is 2.58. The van der Waals surface area contributed by atoms with Crippen molar-refractivity contribution in [3.8, 4) is 5.75 Å². The lowest BCUT2D eigenvalue weighted by molar-refractivity contribution is -0.274. The maximum atomic E-state index is 12.5. The average molecular weight is 316 g/mol. The van der Waals surface area contributed by atoms with Crippen LogP contribution in [-0.2, 0) is 0 Å². The lowest BCUT2D eigenvalue weighted by Crippen LogP contribution is -2.27. The van der Waals surface area contributed by atoms with E-state index in [0.29, 0.717) is 0 Å². The predicted molar refractivity (Wildman–Crippen MR) is 76.0 cm³/mol. The second kappa shape index (κ2) is 6.56. The third-order valence-electron chi connectivity index (χ3n) is 3.68. The number of halogens is 3. The number of carbonyl (C=O) groups excluding carboxylic acids is 1. The molecule has 22 heavy (non-hydrogen) atoms. The van der Waals surface area contributed by atoms with E-state index in [1.54, 1.807) is 6.07 Å². The van der Waals surface area contributed by atoms with Crippen LogP contribution in [0.5, 0.6) is 5.75 Å². The van der Waals surface area contributed by atoms with Gasteiger partial charge in [-0.3, -0.25) is 4.79 Å². The number of hydrogen-bond donors (Lipinski definition) is 1. The van der Waals surface area contributed by atoms with Crippen LogP contribution in [0.2, 0.25) is 0 Å². The molecule has 1 aliphatic rings. The highest BCUT2D eigenvalue weighted by Gasteiger charge is 2.33. The minimum Gasteiger partial charge on any atom is -0.405 e. The summed E-state index contributed by atoms with van der Waals surface area (Å²) in [6, 6.07) is 4.38. The van der Waals surface area contributed by atoms with Crippen LogP contribution in [0.25, 0.3) is 0 Å². The minimum atomic E-state index is -4.82. The van der Waals surface area contributed by atoms with Gasteiger partial charge < -0.3 is 15.0 Å². The summed E-state index contributed by atoms with van der Waals surface area (Å²) in [6.07, 6.45) is -3.03. The summed E-state index contributed by atoms with van der Waals surface area (Å²) in [4.78, 5) is 13.4. The Morgan fingerprint density at radius 3 is 2.45 bits per heavy atom. The highest BCUT2D eigenvalue weighted by Crippen LogP contribution is 2.32. The first-order chi connectivity index (χ1) is 10.3. The van der Waals surface area contributed by atoms with Crippen molar-refractivity contribution < 1.29 is 22.7 Å². The first kappa shape index (κ1) is 16.6. The van der Waals surface area contributed by atoms with E-state index in [-0.39, 0.29) is 11.5 Å². The molecular weight excluding hydrogens is 297 g/mol. The van der Waals surface area contributed by atoms with Crippen molar-refractivity contribution in [1.29, 1.82) is 0 Å². The van der Waals surface area contributed by atoms with Crippen LogP contribution in [0, 0.1) is 0 Å². The molecule has 0 radical (unpaired) electrons. The molecule has 1 saturated heterocycles. The Labute approximate surface area is 127 Å². The summed E-state index contributed by atoms with van der Waals surface area (Å²) in [5.74, 6) is -0.714. The van der Waals surface area contributed by atoms with Gasteiger partial charge in [-0.05, 0) is 49.5 Å². The van der Waals surface area contributed by atoms with Gasteiger partial charge in [0.2, 0.25) is 0 Å². The molecule has 1 fully saturated rings. The number of nitrogens with one attached hydrogen (secondary N) is 1. The zero-order valence-electron chi connectivity index (χ0n) is 12.5. The predicted octanol–water partition coefficient (Wildman–Crippen LogP) is 2.75. The Morgan fingerprint density at radius 1 is 1.27 bits per heavy atom. The largest absolute Gasteiger partial charge is 0.573 e. The van der Waals surface area contributed by atoms with Gasteiger partial charge in [-0.15, -0.1) is 13.2 Å². The van der Waals surface area contributed by atoms with Gasteiger partial charge in [-0.1, -0.05) is 6.07 Å². The standard InChI is InChI=1S/C15H19F3N2O2/c1-20(2)14(21)12-9-11(10-5-7-19-8-6-10)3-4-13(12)22-15(16,17)18/h3-4,9-10,19H,5-8H2,1-2H3. The van der Waals surface area contributed by atoms with Crippen molar-refractivity contribution in [3.05, 3.63) is 29.3 Å². The number of piperidine rings is 1. The normalized spacial score (nSPS) is 16.4. The van der Waals surface area contributed by atoms with E-state index in [1.807, 2.05) is 0 Å². The third kappa shape index (κ3) is 4.13. The van der Waals surface area contributed by atoms with Crippen molar-refractivity contribution in [2.24, 2.45) is 0 Å². The van der Waals surface area contributed by atoms with E-state index >= 15 is 0 Å². The Bertz CT molecular complexity index is 538. The van der Waals surface area contributed by atoms with E-state index in [1.165, 1.54) is 31.1 Å². The molecule has 1 aliphatic heterocycles. The summed E-state index contributed by atoms with van der Waals surface area (Å²) in [5, 5.41) is 3.23. The SMILES string of the molecule is CN(C)C(=O)c1cc(C2CCNCC2)ccc1OC(F)(F)F. The van der Waals surface area contributed by atoms with Crippen molar-refractivity contribution in [2.45, 2.75) is 25.1 Å². The molecule has 1 heterocycles. The van der Waals surface area contributed by atoms with E-state index in [0.717, 1.165) is 31.5 Å². The summed E-state index contributed by atoms with van der Waals surface area (Å²) in [7, 11) is 2.99. The summed E-state index contributed by atoms with van der Waals surface area (Å²) >= 11 is 0. The van der Waals surface area contributed by atoms with Gasteiger partial charge in [-0.25, -0.2) is 0 Å². The molecule has 1 amide bonds. The molecule has 4 nitrogen and oxygen atoms in total. The number of nitrogens with zero attached hydrogens (tertiary/aromatic N) is 1. The molecule has 0 aliphatic carbocycles. The molecule has 1 aromatic rings. The van der Waals surface area contributed by atoms with Crippen LogP contribution in [0.3, 0.4) is 0 Å². The van der Waals surface area contributed by atoms with Gasteiger partial charge >= 0.3 is 6.36 Å². The van der Waals surface area contributed by atoms with Crippen molar-refractivity contribution in [1.82, 2.24) is 10.2 Å². The van der Waals surface area contributed by atoms with Gasteiger partial charge in [0.15, 0.2) is 0 Å². The fourth-order valence-electron chi connectivity index (χ4n) is 2.58. The van der Waals surface area contributed by atoms with Crippen LogP contribution in [0.1, 0.15) is 34.7 Å². The Morgan fingerprint density at radius 2 is 1.91 bits per heavy atom. The van der Waals surface area contributed by atoms with Crippen LogP contribution < -0.4 is 10.1 Å². The van der Waals surface area contributed by atoms with Crippen LogP contribution >= 0.6 is 0 Å². The van der Waals surface area contributed by atoms with Crippen LogP contribution in [0.4, 0.5) is 13.2 Å². The number of amides is 1. The van der Waals surface area contributed by atoms with Crippen LogP contribution in [-0.4, -0.2) is 44.4 Å². The molecule has 0 bridgehead atoms. The Kier molecular flexibility index (Phi) is 4.95. The van der Waals surface area contributed by atoms with Gasteiger partial charge in [0, 0.05) is 14.1 Å². The molecule has 0 aromatic heterocycles. The van der Waals surface area contributed by atoms with Crippen LogP contribution in [0.15, 0.2) is 18.2 Å². The maximum Gasteiger partial charge on any atom is 0.573 e. The summed E-state index contributed by atoms with van der Waals surface area (Å²) in [5.41, 5.74) is 0.819. The third-order valence-corrected chi connectivity index (χ3v) is 3.68. The van der Waals surface area contributed by atoms with Gasteiger partial charge in [0.05, 0.1) is 5.56 Å². The molecule has 1 N–H and O–H groups in total. The zero-order chi connectivity index (χ0) is 16.3. The average Bonchev–Trinajstić information content (AvgIpc) is 2.46. The molecule has 0 spiro atoms. The number of benzene rings is 1. The van der Waals surface area contributed by atoms with E-state index in [4.69, 9.17) is 0 Å². The second-order valence-corrected chi connectivity index (χ2v) is 5.53. The number of ether oxygens (including phenoxy) is 1. The number of rotatable bonds is 3. The molecule has 0 unspecified atom stereocenters. The Hall–Kier alpha value is -1.76. The zero-order valence-corrected chi connectivity index (χ0v) is 12.5. The highest BCUT2D eigenvalue weighted by molar-refractivity contribution is 5.96. The molecular formula is C15H19F3N2O2. The molecule has 0 saturated carbocycles. The number of alkyl halides is 3. The van der Waals surface area contributed by atoms with Crippen molar-refractivity contribution in [3.63, 3.8) is 0 Å². The monoisotopic (exact) mass is 316 g/mol. The first-order valence-corrected chi connectivity index (χ1v) is 7.10.